The molecule has 0 saturated carbocycles. The van der Waals surface area contributed by atoms with Gasteiger partial charge >= 0.3 is 0 Å². The molecule has 1 heterocycles. The predicted molar refractivity (Wildman–Crippen MR) is 50.2 cm³/mol. The van der Waals surface area contributed by atoms with E-state index in [0.717, 1.165) is 0 Å². The summed E-state index contributed by atoms with van der Waals surface area (Å²) >= 11 is 0. The van der Waals surface area contributed by atoms with Gasteiger partial charge in [-0.05, 0) is 5.92 Å². The van der Waals surface area contributed by atoms with Crippen molar-refractivity contribution in [2.45, 2.75) is 39.5 Å². The summed E-state index contributed by atoms with van der Waals surface area (Å²) in [4.78, 5) is 8.12. The van der Waals surface area contributed by atoms with Crippen molar-refractivity contribution < 1.29 is 4.39 Å². The highest BCUT2D eigenvalue weighted by molar-refractivity contribution is 5.10. The van der Waals surface area contributed by atoms with Gasteiger partial charge in [0, 0.05) is 5.92 Å². The van der Waals surface area contributed by atoms with E-state index in [2.05, 4.69) is 9.97 Å². The summed E-state index contributed by atoms with van der Waals surface area (Å²) in [5.74, 6) is 0.767. The Bertz CT molecular complexity index is 295. The van der Waals surface area contributed by atoms with Crippen LogP contribution in [0.25, 0.3) is 0 Å². The molecule has 13 heavy (non-hydrogen) atoms. The lowest BCUT2D eigenvalue weighted by Crippen LogP contribution is -2.05. The largest absolute Gasteiger partial charge is 0.238 e. The lowest BCUT2D eigenvalue weighted by atomic mass is 10.1. The zero-order valence-corrected chi connectivity index (χ0v) is 8.50. The van der Waals surface area contributed by atoms with Crippen LogP contribution in [0.2, 0.25) is 0 Å². The third-order valence-electron chi connectivity index (χ3n) is 1.85. The van der Waals surface area contributed by atoms with Gasteiger partial charge in [0.05, 0.1) is 11.9 Å². The highest BCUT2D eigenvalue weighted by Crippen LogP contribution is 2.17. The molecule has 2 nitrogen and oxygen atoms in total. The Hall–Kier alpha value is -0.990. The van der Waals surface area contributed by atoms with Gasteiger partial charge in [-0.3, -0.25) is 0 Å². The standard InChI is InChI=1S/C10H15FN2/c1-6(2)9-8(11)5-12-10(13-9)7(3)4/h5-7H,1-4H3. The molecule has 1 rings (SSSR count). The van der Waals surface area contributed by atoms with Gasteiger partial charge in [-0.25, -0.2) is 14.4 Å². The Balaban J connectivity index is 3.11. The predicted octanol–water partition coefficient (Wildman–Crippen LogP) is 2.86. The normalized spacial score (nSPS) is 11.3. The minimum atomic E-state index is -0.306. The number of rotatable bonds is 2. The minimum absolute atomic E-state index is 0.112. The maximum absolute atomic E-state index is 13.2. The van der Waals surface area contributed by atoms with Crippen LogP contribution in [-0.4, -0.2) is 9.97 Å². The Morgan fingerprint density at radius 2 is 1.77 bits per heavy atom. The van der Waals surface area contributed by atoms with Crippen molar-refractivity contribution in [3.05, 3.63) is 23.5 Å². The highest BCUT2D eigenvalue weighted by Gasteiger charge is 2.11. The summed E-state index contributed by atoms with van der Waals surface area (Å²) in [7, 11) is 0. The summed E-state index contributed by atoms with van der Waals surface area (Å²) < 4.78 is 13.2. The first kappa shape index (κ1) is 10.1. The molecule has 72 valence electrons. The summed E-state index contributed by atoms with van der Waals surface area (Å²) in [6.07, 6.45) is 1.26. The first-order valence-corrected chi connectivity index (χ1v) is 4.54. The summed E-state index contributed by atoms with van der Waals surface area (Å²) in [5, 5.41) is 0. The average molecular weight is 182 g/mol. The third-order valence-corrected chi connectivity index (χ3v) is 1.85. The van der Waals surface area contributed by atoms with Crippen LogP contribution >= 0.6 is 0 Å². The van der Waals surface area contributed by atoms with Crippen LogP contribution in [0.15, 0.2) is 6.20 Å². The van der Waals surface area contributed by atoms with E-state index in [1.54, 1.807) is 0 Å². The second-order valence-corrected chi connectivity index (χ2v) is 3.77. The van der Waals surface area contributed by atoms with E-state index in [9.17, 15) is 4.39 Å². The maximum atomic E-state index is 13.2. The molecular formula is C10H15FN2. The van der Waals surface area contributed by atoms with E-state index in [0.29, 0.717) is 11.5 Å². The molecule has 0 amide bonds. The monoisotopic (exact) mass is 182 g/mol. The van der Waals surface area contributed by atoms with Gasteiger partial charge in [0.15, 0.2) is 5.82 Å². The SMILES string of the molecule is CC(C)c1ncc(F)c(C(C)C)n1. The average Bonchev–Trinajstić information content (AvgIpc) is 2.04. The molecule has 0 atom stereocenters. The Labute approximate surface area is 78.2 Å². The number of hydrogen-bond donors (Lipinski definition) is 0. The van der Waals surface area contributed by atoms with Crippen molar-refractivity contribution >= 4 is 0 Å². The van der Waals surface area contributed by atoms with Gasteiger partial charge in [0.25, 0.3) is 0 Å². The molecule has 0 spiro atoms. The van der Waals surface area contributed by atoms with E-state index < -0.39 is 0 Å². The first-order valence-electron chi connectivity index (χ1n) is 4.54. The highest BCUT2D eigenvalue weighted by atomic mass is 19.1. The molecular weight excluding hydrogens is 167 g/mol. The molecule has 0 N–H and O–H groups in total. The number of aromatic nitrogens is 2. The summed E-state index contributed by atoms with van der Waals surface area (Å²) in [6, 6.07) is 0. The zero-order chi connectivity index (χ0) is 10.0. The fraction of sp³-hybridized carbons (Fsp3) is 0.600. The number of nitrogens with zero attached hydrogens (tertiary/aromatic N) is 2. The Morgan fingerprint density at radius 1 is 1.15 bits per heavy atom. The van der Waals surface area contributed by atoms with Crippen molar-refractivity contribution in [1.29, 1.82) is 0 Å². The molecule has 0 bridgehead atoms. The van der Waals surface area contributed by atoms with Crippen LogP contribution in [0.3, 0.4) is 0 Å². The van der Waals surface area contributed by atoms with Gasteiger partial charge in [0.1, 0.15) is 5.82 Å². The van der Waals surface area contributed by atoms with Gasteiger partial charge in [-0.15, -0.1) is 0 Å². The molecule has 0 fully saturated rings. The molecule has 1 aromatic heterocycles. The van der Waals surface area contributed by atoms with Gasteiger partial charge in [-0.2, -0.15) is 0 Å². The molecule has 0 unspecified atom stereocenters. The van der Waals surface area contributed by atoms with Crippen molar-refractivity contribution in [3.63, 3.8) is 0 Å². The van der Waals surface area contributed by atoms with E-state index in [1.165, 1.54) is 6.20 Å². The van der Waals surface area contributed by atoms with Crippen LogP contribution < -0.4 is 0 Å². The van der Waals surface area contributed by atoms with Crippen molar-refractivity contribution in [1.82, 2.24) is 9.97 Å². The van der Waals surface area contributed by atoms with E-state index in [-0.39, 0.29) is 17.7 Å². The van der Waals surface area contributed by atoms with E-state index in [4.69, 9.17) is 0 Å². The molecule has 1 aromatic rings. The topological polar surface area (TPSA) is 25.8 Å². The third kappa shape index (κ3) is 2.23. The molecule has 3 heteroatoms. The van der Waals surface area contributed by atoms with Crippen LogP contribution in [0.5, 0.6) is 0 Å². The molecule has 0 aliphatic carbocycles. The number of halogens is 1. The number of hydrogen-bond acceptors (Lipinski definition) is 2. The van der Waals surface area contributed by atoms with E-state index >= 15 is 0 Å². The summed E-state index contributed by atoms with van der Waals surface area (Å²) in [5.41, 5.74) is 0.513. The maximum Gasteiger partial charge on any atom is 0.163 e. The van der Waals surface area contributed by atoms with Crippen LogP contribution in [0.4, 0.5) is 4.39 Å². The lowest BCUT2D eigenvalue weighted by Gasteiger charge is -2.09. The summed E-state index contributed by atoms with van der Waals surface area (Å²) in [6.45, 7) is 7.85. The van der Waals surface area contributed by atoms with Crippen LogP contribution in [0, 0.1) is 5.82 Å². The Kier molecular flexibility index (Phi) is 2.96. The molecule has 0 aromatic carbocycles. The van der Waals surface area contributed by atoms with Crippen molar-refractivity contribution in [2.24, 2.45) is 0 Å². The zero-order valence-electron chi connectivity index (χ0n) is 8.50. The quantitative estimate of drug-likeness (QED) is 0.702. The first-order chi connectivity index (χ1) is 6.02. The van der Waals surface area contributed by atoms with Gasteiger partial charge < -0.3 is 0 Å². The van der Waals surface area contributed by atoms with Crippen LogP contribution in [0.1, 0.15) is 51.0 Å². The Morgan fingerprint density at radius 3 is 2.23 bits per heavy atom. The van der Waals surface area contributed by atoms with Crippen molar-refractivity contribution in [3.8, 4) is 0 Å². The van der Waals surface area contributed by atoms with Crippen LogP contribution in [-0.2, 0) is 0 Å². The van der Waals surface area contributed by atoms with E-state index in [1.807, 2.05) is 27.7 Å². The minimum Gasteiger partial charge on any atom is -0.238 e. The fourth-order valence-corrected chi connectivity index (χ4v) is 1.08. The van der Waals surface area contributed by atoms with Gasteiger partial charge in [-0.1, -0.05) is 27.7 Å². The smallest absolute Gasteiger partial charge is 0.163 e. The lowest BCUT2D eigenvalue weighted by molar-refractivity contribution is 0.565. The second-order valence-electron chi connectivity index (χ2n) is 3.77. The second kappa shape index (κ2) is 3.81. The molecule has 0 aliphatic heterocycles. The van der Waals surface area contributed by atoms with Crippen molar-refractivity contribution in [2.75, 3.05) is 0 Å². The molecule has 0 saturated heterocycles. The fourth-order valence-electron chi connectivity index (χ4n) is 1.08. The van der Waals surface area contributed by atoms with Gasteiger partial charge in [0.2, 0.25) is 0 Å². The molecule has 0 aliphatic rings. The molecule has 0 radical (unpaired) electrons.